The monoisotopic (exact) mass is 410 g/mol. The highest BCUT2D eigenvalue weighted by molar-refractivity contribution is 5.95. The van der Waals surface area contributed by atoms with E-state index >= 15 is 0 Å². The molecule has 2 amide bonds. The summed E-state index contributed by atoms with van der Waals surface area (Å²) in [4.78, 5) is 26.9. The van der Waals surface area contributed by atoms with Gasteiger partial charge in [0.1, 0.15) is 5.75 Å². The lowest BCUT2D eigenvalue weighted by Crippen LogP contribution is -2.47. The summed E-state index contributed by atoms with van der Waals surface area (Å²) < 4.78 is 16.3. The Morgan fingerprint density at radius 2 is 1.87 bits per heavy atom. The first-order valence-corrected chi connectivity index (χ1v) is 10.2. The van der Waals surface area contributed by atoms with Crippen molar-refractivity contribution >= 4 is 11.8 Å². The second-order valence-corrected chi connectivity index (χ2v) is 7.68. The zero-order valence-electron chi connectivity index (χ0n) is 17.3. The first kappa shape index (κ1) is 20.1. The van der Waals surface area contributed by atoms with E-state index in [0.717, 1.165) is 16.9 Å². The molecular formula is C23H26N2O5. The third kappa shape index (κ3) is 4.35. The van der Waals surface area contributed by atoms with Gasteiger partial charge in [0.05, 0.1) is 0 Å². The number of hydrogen-bond acceptors (Lipinski definition) is 5. The molecular weight excluding hydrogens is 384 g/mol. The fourth-order valence-electron chi connectivity index (χ4n) is 3.69. The maximum absolute atomic E-state index is 12.5. The number of piperidine rings is 1. The predicted octanol–water partition coefficient (Wildman–Crippen LogP) is 2.83. The molecule has 1 N–H and O–H groups in total. The third-order valence-electron chi connectivity index (χ3n) is 5.72. The molecule has 0 atom stereocenters. The Bertz CT molecular complexity index is 951. The molecule has 0 radical (unpaired) electrons. The fraction of sp³-hybridized carbons (Fsp3) is 0.391. The lowest BCUT2D eigenvalue weighted by atomic mass is 10.0. The molecule has 0 aliphatic carbocycles. The van der Waals surface area contributed by atoms with Gasteiger partial charge in [-0.25, -0.2) is 0 Å². The number of nitrogens with zero attached hydrogens (tertiary/aromatic N) is 1. The van der Waals surface area contributed by atoms with Gasteiger partial charge in [0.25, 0.3) is 11.8 Å². The lowest BCUT2D eigenvalue weighted by Gasteiger charge is -2.32. The number of nitrogens with one attached hydrogen (secondary N) is 1. The Kier molecular flexibility index (Phi) is 5.79. The normalized spacial score (nSPS) is 15.7. The zero-order chi connectivity index (χ0) is 21.1. The molecule has 2 aromatic rings. The number of fused-ring (bicyclic) bond motifs is 1. The van der Waals surface area contributed by atoms with Gasteiger partial charge >= 0.3 is 0 Å². The highest BCUT2D eigenvalue weighted by Gasteiger charge is 2.25. The summed E-state index contributed by atoms with van der Waals surface area (Å²) in [5.74, 6) is 1.82. The van der Waals surface area contributed by atoms with Gasteiger partial charge in [-0.2, -0.15) is 0 Å². The second-order valence-electron chi connectivity index (χ2n) is 7.68. The maximum Gasteiger partial charge on any atom is 0.260 e. The van der Waals surface area contributed by atoms with Crippen LogP contribution in [-0.2, 0) is 4.79 Å². The van der Waals surface area contributed by atoms with Crippen LogP contribution < -0.4 is 19.5 Å². The first-order valence-electron chi connectivity index (χ1n) is 10.2. The van der Waals surface area contributed by atoms with Crippen molar-refractivity contribution in [3.05, 3.63) is 53.1 Å². The Morgan fingerprint density at radius 1 is 1.10 bits per heavy atom. The minimum absolute atomic E-state index is 0.0263. The van der Waals surface area contributed by atoms with E-state index in [1.54, 1.807) is 23.1 Å². The molecule has 0 aromatic heterocycles. The van der Waals surface area contributed by atoms with E-state index in [9.17, 15) is 9.59 Å². The first-order chi connectivity index (χ1) is 14.5. The Balaban J connectivity index is 1.25. The number of benzene rings is 2. The van der Waals surface area contributed by atoms with Crippen molar-refractivity contribution in [1.82, 2.24) is 10.2 Å². The van der Waals surface area contributed by atoms with Crippen LogP contribution in [0.15, 0.2) is 36.4 Å². The molecule has 2 aliphatic heterocycles. The lowest BCUT2D eigenvalue weighted by molar-refractivity contribution is -0.134. The van der Waals surface area contributed by atoms with E-state index in [-0.39, 0.29) is 31.3 Å². The van der Waals surface area contributed by atoms with Crippen LogP contribution >= 0.6 is 0 Å². The highest BCUT2D eigenvalue weighted by Crippen LogP contribution is 2.32. The van der Waals surface area contributed by atoms with Gasteiger partial charge in [0.2, 0.25) is 6.79 Å². The standard InChI is InChI=1S/C23H26N2O5/c1-15-4-3-5-19(16(15)2)28-13-22(26)25-10-8-18(9-11-25)24-23(27)17-6-7-20-21(12-17)30-14-29-20/h3-7,12,18H,8-11,13-14H2,1-2H3,(H,24,27). The number of carbonyl (C=O) groups is 2. The summed E-state index contributed by atoms with van der Waals surface area (Å²) in [7, 11) is 0. The van der Waals surface area contributed by atoms with Gasteiger partial charge in [0, 0.05) is 24.7 Å². The van der Waals surface area contributed by atoms with Crippen LogP contribution in [0.2, 0.25) is 0 Å². The molecule has 0 bridgehead atoms. The number of carbonyl (C=O) groups excluding carboxylic acids is 2. The van der Waals surface area contributed by atoms with Crippen LogP contribution in [0.5, 0.6) is 17.2 Å². The molecule has 158 valence electrons. The van der Waals surface area contributed by atoms with Crippen molar-refractivity contribution in [2.45, 2.75) is 32.7 Å². The summed E-state index contributed by atoms with van der Waals surface area (Å²) >= 11 is 0. The van der Waals surface area contributed by atoms with Crippen molar-refractivity contribution in [1.29, 1.82) is 0 Å². The van der Waals surface area contributed by atoms with Crippen LogP contribution in [0.3, 0.4) is 0 Å². The van der Waals surface area contributed by atoms with E-state index in [1.807, 2.05) is 32.0 Å². The van der Waals surface area contributed by atoms with E-state index < -0.39 is 0 Å². The summed E-state index contributed by atoms with van der Waals surface area (Å²) in [6.45, 7) is 5.41. The third-order valence-corrected chi connectivity index (χ3v) is 5.72. The topological polar surface area (TPSA) is 77.1 Å². The second kappa shape index (κ2) is 8.65. The number of hydrogen-bond donors (Lipinski definition) is 1. The van der Waals surface area contributed by atoms with Crippen LogP contribution in [0.25, 0.3) is 0 Å². The highest BCUT2D eigenvalue weighted by atomic mass is 16.7. The predicted molar refractivity (Wildman–Crippen MR) is 111 cm³/mol. The molecule has 2 aromatic carbocycles. The Labute approximate surface area is 175 Å². The minimum Gasteiger partial charge on any atom is -0.483 e. The largest absolute Gasteiger partial charge is 0.483 e. The molecule has 30 heavy (non-hydrogen) atoms. The van der Waals surface area contributed by atoms with Gasteiger partial charge in [-0.3, -0.25) is 9.59 Å². The van der Waals surface area contributed by atoms with E-state index in [1.165, 1.54) is 0 Å². The summed E-state index contributed by atoms with van der Waals surface area (Å²) in [5, 5.41) is 3.05. The van der Waals surface area contributed by atoms with E-state index in [4.69, 9.17) is 14.2 Å². The van der Waals surface area contributed by atoms with Crippen molar-refractivity contribution in [3.8, 4) is 17.2 Å². The van der Waals surface area contributed by atoms with Crippen LogP contribution in [0.1, 0.15) is 34.3 Å². The summed E-state index contributed by atoms with van der Waals surface area (Å²) in [5.41, 5.74) is 2.73. The molecule has 0 saturated carbocycles. The molecule has 7 heteroatoms. The van der Waals surface area contributed by atoms with Crippen molar-refractivity contribution in [2.24, 2.45) is 0 Å². The maximum atomic E-state index is 12.5. The number of likely N-dealkylation sites (tertiary alicyclic amines) is 1. The van der Waals surface area contributed by atoms with E-state index in [0.29, 0.717) is 43.0 Å². The molecule has 0 unspecified atom stereocenters. The van der Waals surface area contributed by atoms with Gasteiger partial charge < -0.3 is 24.4 Å². The Hall–Kier alpha value is -3.22. The molecule has 4 rings (SSSR count). The van der Waals surface area contributed by atoms with Gasteiger partial charge in [0.15, 0.2) is 18.1 Å². The molecule has 0 spiro atoms. The average molecular weight is 410 g/mol. The quantitative estimate of drug-likeness (QED) is 0.820. The fourth-order valence-corrected chi connectivity index (χ4v) is 3.69. The van der Waals surface area contributed by atoms with Crippen LogP contribution in [0.4, 0.5) is 0 Å². The van der Waals surface area contributed by atoms with E-state index in [2.05, 4.69) is 5.32 Å². The van der Waals surface area contributed by atoms with Crippen LogP contribution in [0, 0.1) is 13.8 Å². The molecule has 7 nitrogen and oxygen atoms in total. The summed E-state index contributed by atoms with van der Waals surface area (Å²) in [6.07, 6.45) is 1.43. The molecule has 2 heterocycles. The van der Waals surface area contributed by atoms with Crippen molar-refractivity contribution in [3.63, 3.8) is 0 Å². The zero-order valence-corrected chi connectivity index (χ0v) is 17.3. The SMILES string of the molecule is Cc1cccc(OCC(=O)N2CCC(NC(=O)c3ccc4c(c3)OCO4)CC2)c1C. The number of amides is 2. The van der Waals surface area contributed by atoms with Gasteiger partial charge in [-0.1, -0.05) is 12.1 Å². The number of ether oxygens (including phenoxy) is 3. The van der Waals surface area contributed by atoms with Crippen molar-refractivity contribution < 1.29 is 23.8 Å². The van der Waals surface area contributed by atoms with Gasteiger partial charge in [-0.15, -0.1) is 0 Å². The minimum atomic E-state index is -0.142. The molecule has 1 fully saturated rings. The smallest absolute Gasteiger partial charge is 0.260 e. The summed E-state index contributed by atoms with van der Waals surface area (Å²) in [6, 6.07) is 11.0. The molecule has 1 saturated heterocycles. The van der Waals surface area contributed by atoms with Crippen molar-refractivity contribution in [2.75, 3.05) is 26.5 Å². The number of aryl methyl sites for hydroxylation is 1. The average Bonchev–Trinajstić information content (AvgIpc) is 3.23. The van der Waals surface area contributed by atoms with Gasteiger partial charge in [-0.05, 0) is 62.1 Å². The number of rotatable bonds is 5. The Morgan fingerprint density at radius 3 is 2.67 bits per heavy atom. The molecule has 2 aliphatic rings. The van der Waals surface area contributed by atoms with Crippen LogP contribution in [-0.4, -0.2) is 49.2 Å².